The number of nitrogens with one attached hydrogen (secondary N) is 1. The largest absolute Gasteiger partial charge is 0.296 e. The van der Waals surface area contributed by atoms with Crippen LogP contribution in [-0.4, -0.2) is 35.1 Å². The minimum Gasteiger partial charge on any atom is -0.296 e. The van der Waals surface area contributed by atoms with Gasteiger partial charge >= 0.3 is 0 Å². The normalized spacial score (nSPS) is 32.0. The summed E-state index contributed by atoms with van der Waals surface area (Å²) in [5, 5.41) is 13.4. The monoisotopic (exact) mass is 263 g/mol. The Bertz CT molecular complexity index is 332. The van der Waals surface area contributed by atoms with Crippen LogP contribution in [0.25, 0.3) is 0 Å². The highest BCUT2D eigenvalue weighted by Gasteiger charge is 2.48. The second-order valence-electron chi connectivity index (χ2n) is 6.96. The van der Waals surface area contributed by atoms with Crippen molar-refractivity contribution in [1.29, 1.82) is 5.26 Å². The molecule has 2 rings (SSSR count). The lowest BCUT2D eigenvalue weighted by atomic mass is 9.89. The molecule has 2 fully saturated rings. The van der Waals surface area contributed by atoms with Gasteiger partial charge in [0.1, 0.15) is 5.54 Å². The van der Waals surface area contributed by atoms with Crippen LogP contribution in [0.15, 0.2) is 0 Å². The minimum absolute atomic E-state index is 0.325. The Balaban J connectivity index is 2.12. The van der Waals surface area contributed by atoms with E-state index < -0.39 is 0 Å². The Kier molecular flexibility index (Phi) is 4.53. The molecular weight excluding hydrogens is 234 g/mol. The second kappa shape index (κ2) is 5.81. The third-order valence-corrected chi connectivity index (χ3v) is 4.83. The Morgan fingerprint density at radius 1 is 1.21 bits per heavy atom. The summed E-state index contributed by atoms with van der Waals surface area (Å²) in [7, 11) is 0. The zero-order valence-corrected chi connectivity index (χ0v) is 12.9. The van der Waals surface area contributed by atoms with Gasteiger partial charge in [0.2, 0.25) is 0 Å². The molecule has 1 N–H and O–H groups in total. The fourth-order valence-corrected chi connectivity index (χ4v) is 3.62. The predicted molar refractivity (Wildman–Crippen MR) is 78.8 cm³/mol. The van der Waals surface area contributed by atoms with Crippen LogP contribution in [0, 0.1) is 17.2 Å². The maximum Gasteiger partial charge on any atom is 0.122 e. The average Bonchev–Trinajstić information content (AvgIpc) is 3.16. The molecule has 0 aromatic heterocycles. The van der Waals surface area contributed by atoms with Gasteiger partial charge in [-0.3, -0.25) is 10.2 Å². The van der Waals surface area contributed by atoms with E-state index in [9.17, 15) is 5.26 Å². The molecule has 1 heterocycles. The van der Waals surface area contributed by atoms with Crippen molar-refractivity contribution >= 4 is 0 Å². The molecule has 0 aromatic carbocycles. The van der Waals surface area contributed by atoms with E-state index in [2.05, 4.69) is 44.0 Å². The Labute approximate surface area is 118 Å². The van der Waals surface area contributed by atoms with Gasteiger partial charge in [0.05, 0.1) is 6.07 Å². The maximum absolute atomic E-state index is 9.80. The highest BCUT2D eigenvalue weighted by Crippen LogP contribution is 2.41. The molecule has 1 unspecified atom stereocenters. The fourth-order valence-electron chi connectivity index (χ4n) is 3.62. The minimum atomic E-state index is -0.325. The van der Waals surface area contributed by atoms with Gasteiger partial charge < -0.3 is 0 Å². The topological polar surface area (TPSA) is 39.1 Å². The van der Waals surface area contributed by atoms with Gasteiger partial charge in [0.15, 0.2) is 0 Å². The van der Waals surface area contributed by atoms with Crippen molar-refractivity contribution in [3.05, 3.63) is 0 Å². The number of hydrogen-bond donors (Lipinski definition) is 1. The van der Waals surface area contributed by atoms with E-state index in [1.54, 1.807) is 0 Å². The molecule has 1 saturated carbocycles. The number of nitrogens with zero attached hydrogens (tertiary/aromatic N) is 2. The summed E-state index contributed by atoms with van der Waals surface area (Å²) in [5.74, 6) is 0.557. The highest BCUT2D eigenvalue weighted by atomic mass is 15.2. The van der Waals surface area contributed by atoms with Crippen LogP contribution in [0.1, 0.15) is 59.8 Å². The zero-order chi connectivity index (χ0) is 14.0. The first-order chi connectivity index (χ1) is 8.98. The molecule has 3 nitrogen and oxygen atoms in total. The summed E-state index contributed by atoms with van der Waals surface area (Å²) in [6, 6.07) is 4.25. The molecule has 1 saturated heterocycles. The van der Waals surface area contributed by atoms with E-state index in [4.69, 9.17) is 0 Å². The number of rotatable bonds is 5. The van der Waals surface area contributed by atoms with Crippen molar-refractivity contribution in [3.8, 4) is 6.07 Å². The molecule has 0 spiro atoms. The molecule has 0 aromatic rings. The van der Waals surface area contributed by atoms with Crippen LogP contribution in [0.3, 0.4) is 0 Å². The van der Waals surface area contributed by atoms with Crippen molar-refractivity contribution in [2.75, 3.05) is 6.54 Å². The molecule has 2 aliphatic rings. The number of hydrogen-bond acceptors (Lipinski definition) is 3. The molecule has 3 heteroatoms. The molecule has 1 aliphatic heterocycles. The molecule has 0 amide bonds. The van der Waals surface area contributed by atoms with E-state index in [1.807, 2.05) is 0 Å². The fraction of sp³-hybridized carbons (Fsp3) is 0.938. The maximum atomic E-state index is 9.80. The standard InChI is InChI=1S/C16H29N3/c1-12(2)18-16(10-17,15-8-9-15)11-19-13(3)6-5-7-14(19)4/h12-15,18H,5-9,11H2,1-4H3/t13-,14+,16?. The van der Waals surface area contributed by atoms with E-state index in [-0.39, 0.29) is 5.54 Å². The third kappa shape index (κ3) is 3.30. The summed E-state index contributed by atoms with van der Waals surface area (Å²) in [6.45, 7) is 9.84. The third-order valence-electron chi connectivity index (χ3n) is 4.83. The average molecular weight is 263 g/mol. The van der Waals surface area contributed by atoms with Crippen molar-refractivity contribution in [2.24, 2.45) is 5.92 Å². The summed E-state index contributed by atoms with van der Waals surface area (Å²) in [5.41, 5.74) is -0.325. The van der Waals surface area contributed by atoms with Gasteiger partial charge in [-0.2, -0.15) is 5.26 Å². The van der Waals surface area contributed by atoms with Crippen molar-refractivity contribution in [3.63, 3.8) is 0 Å². The van der Waals surface area contributed by atoms with E-state index in [0.717, 1.165) is 6.54 Å². The second-order valence-corrected chi connectivity index (χ2v) is 6.96. The molecule has 0 bridgehead atoms. The van der Waals surface area contributed by atoms with Crippen LogP contribution in [-0.2, 0) is 0 Å². The Morgan fingerprint density at radius 2 is 1.79 bits per heavy atom. The first kappa shape index (κ1) is 14.8. The van der Waals surface area contributed by atoms with Gasteiger partial charge in [0.25, 0.3) is 0 Å². The van der Waals surface area contributed by atoms with E-state index in [0.29, 0.717) is 24.0 Å². The first-order valence-electron chi connectivity index (χ1n) is 7.93. The van der Waals surface area contributed by atoms with Crippen LogP contribution >= 0.6 is 0 Å². The smallest absolute Gasteiger partial charge is 0.122 e. The molecule has 3 atom stereocenters. The van der Waals surface area contributed by atoms with Gasteiger partial charge in [0, 0.05) is 24.7 Å². The number of piperidine rings is 1. The quantitative estimate of drug-likeness (QED) is 0.829. The van der Waals surface area contributed by atoms with E-state index in [1.165, 1.54) is 32.1 Å². The van der Waals surface area contributed by atoms with Gasteiger partial charge in [-0.1, -0.05) is 6.42 Å². The number of nitriles is 1. The van der Waals surface area contributed by atoms with Crippen molar-refractivity contribution < 1.29 is 0 Å². The van der Waals surface area contributed by atoms with Gasteiger partial charge in [-0.25, -0.2) is 0 Å². The molecule has 0 radical (unpaired) electrons. The van der Waals surface area contributed by atoms with Crippen molar-refractivity contribution in [1.82, 2.24) is 10.2 Å². The Hall–Kier alpha value is -0.590. The zero-order valence-electron chi connectivity index (χ0n) is 12.9. The lowest BCUT2D eigenvalue weighted by Crippen LogP contribution is -2.60. The van der Waals surface area contributed by atoms with Gasteiger partial charge in [-0.15, -0.1) is 0 Å². The molecular formula is C16H29N3. The first-order valence-corrected chi connectivity index (χ1v) is 7.93. The van der Waals surface area contributed by atoms with E-state index >= 15 is 0 Å². The lowest BCUT2D eigenvalue weighted by Gasteiger charge is -2.44. The highest BCUT2D eigenvalue weighted by molar-refractivity contribution is 5.17. The lowest BCUT2D eigenvalue weighted by molar-refractivity contribution is 0.0703. The molecule has 108 valence electrons. The van der Waals surface area contributed by atoms with Crippen LogP contribution < -0.4 is 5.32 Å². The summed E-state index contributed by atoms with van der Waals surface area (Å²) in [6.07, 6.45) is 6.31. The van der Waals surface area contributed by atoms with Crippen LogP contribution in [0.2, 0.25) is 0 Å². The molecule has 19 heavy (non-hydrogen) atoms. The number of likely N-dealkylation sites (tertiary alicyclic amines) is 1. The predicted octanol–water partition coefficient (Wildman–Crippen LogP) is 2.92. The summed E-state index contributed by atoms with van der Waals surface area (Å²) in [4.78, 5) is 2.57. The van der Waals surface area contributed by atoms with Crippen molar-refractivity contribution in [2.45, 2.75) is 83.5 Å². The van der Waals surface area contributed by atoms with Gasteiger partial charge in [-0.05, 0) is 59.3 Å². The summed E-state index contributed by atoms with van der Waals surface area (Å²) < 4.78 is 0. The summed E-state index contributed by atoms with van der Waals surface area (Å²) >= 11 is 0. The van der Waals surface area contributed by atoms with Crippen LogP contribution in [0.5, 0.6) is 0 Å². The Morgan fingerprint density at radius 3 is 2.21 bits per heavy atom. The SMILES string of the molecule is CC(C)NC(C#N)(CN1[C@H](C)CCC[C@@H]1C)C1CC1. The molecule has 1 aliphatic carbocycles. The van der Waals surface area contributed by atoms with Crippen LogP contribution in [0.4, 0.5) is 0 Å².